The molecule has 36 heavy (non-hydrogen) atoms. The van der Waals surface area contributed by atoms with E-state index in [2.05, 4.69) is 23.1 Å². The molecule has 0 bridgehead atoms. The number of phenols is 1. The van der Waals surface area contributed by atoms with Crippen molar-refractivity contribution in [1.29, 1.82) is 0 Å². The van der Waals surface area contributed by atoms with E-state index in [0.717, 1.165) is 35.2 Å². The van der Waals surface area contributed by atoms with Crippen LogP contribution in [0.5, 0.6) is 17.2 Å². The molecule has 1 atom stereocenters. The largest absolute Gasteiger partial charge is 0.508 e. The van der Waals surface area contributed by atoms with Crippen molar-refractivity contribution >= 4 is 33.5 Å². The molecular weight excluding hydrogens is 462 g/mol. The minimum Gasteiger partial charge on any atom is -0.508 e. The first kappa shape index (κ1) is 25.6. The van der Waals surface area contributed by atoms with Crippen molar-refractivity contribution in [1.82, 2.24) is 4.90 Å². The van der Waals surface area contributed by atoms with Crippen LogP contribution in [-0.2, 0) is 22.6 Å². The number of aliphatic carboxylic acids is 2. The Bertz CT molecular complexity index is 1270. The highest BCUT2D eigenvalue weighted by Gasteiger charge is 2.32. The summed E-state index contributed by atoms with van der Waals surface area (Å²) in [5, 5.41) is 31.0. The maximum Gasteiger partial charge on any atom is 0.303 e. The van der Waals surface area contributed by atoms with Gasteiger partial charge in [0.25, 0.3) is 0 Å². The minimum atomic E-state index is -0.870. The number of aromatic hydroxyl groups is 1. The molecule has 8 heteroatoms. The van der Waals surface area contributed by atoms with Gasteiger partial charge in [-0.2, -0.15) is 0 Å². The smallest absolute Gasteiger partial charge is 0.303 e. The molecule has 8 nitrogen and oxygen atoms in total. The highest BCUT2D eigenvalue weighted by molar-refractivity contribution is 6.12. The summed E-state index contributed by atoms with van der Waals surface area (Å²) in [7, 11) is 3.35. The van der Waals surface area contributed by atoms with E-state index in [-0.39, 0.29) is 12.8 Å². The summed E-state index contributed by atoms with van der Waals surface area (Å²) in [4.78, 5) is 22.4. The predicted octanol–water partition coefficient (Wildman–Crippen LogP) is 4.95. The molecule has 0 spiro atoms. The summed E-state index contributed by atoms with van der Waals surface area (Å²) < 4.78 is 11.1. The van der Waals surface area contributed by atoms with E-state index in [4.69, 9.17) is 19.7 Å². The summed E-state index contributed by atoms with van der Waals surface area (Å²) >= 11 is 0. The lowest BCUT2D eigenvalue weighted by Crippen LogP contribution is -2.35. The van der Waals surface area contributed by atoms with Gasteiger partial charge in [-0.1, -0.05) is 6.07 Å². The SMILES string of the molecule is COc1cc2c3c(c4ccc(O)cc4c2cc1OC)CN1CCC[C@H]1C3.O=C(O)CCCCC(=O)O. The van der Waals surface area contributed by atoms with Crippen molar-refractivity contribution in [2.75, 3.05) is 20.8 Å². The molecule has 1 saturated heterocycles. The summed E-state index contributed by atoms with van der Waals surface area (Å²) in [5.41, 5.74) is 2.83. The first-order chi connectivity index (χ1) is 17.3. The molecule has 0 radical (unpaired) electrons. The Hall–Kier alpha value is -3.52. The van der Waals surface area contributed by atoms with Crippen LogP contribution in [0.1, 0.15) is 49.7 Å². The Morgan fingerprint density at radius 1 is 0.889 bits per heavy atom. The van der Waals surface area contributed by atoms with E-state index < -0.39 is 11.9 Å². The van der Waals surface area contributed by atoms with Gasteiger partial charge in [0.15, 0.2) is 11.5 Å². The number of phenolic OH excluding ortho intramolecular Hbond substituents is 1. The van der Waals surface area contributed by atoms with Gasteiger partial charge in [-0.25, -0.2) is 0 Å². The minimum absolute atomic E-state index is 0.0628. The van der Waals surface area contributed by atoms with Crippen LogP contribution in [0.2, 0.25) is 0 Å². The molecule has 3 aromatic carbocycles. The van der Waals surface area contributed by atoms with Crippen molar-refractivity contribution in [3.63, 3.8) is 0 Å². The summed E-state index contributed by atoms with van der Waals surface area (Å²) in [5.74, 6) is 0.0395. The van der Waals surface area contributed by atoms with Gasteiger partial charge < -0.3 is 24.8 Å². The number of carbonyl (C=O) groups is 2. The van der Waals surface area contributed by atoms with Crippen molar-refractivity contribution in [3.8, 4) is 17.2 Å². The van der Waals surface area contributed by atoms with Crippen LogP contribution in [0.4, 0.5) is 0 Å². The molecule has 2 aliphatic rings. The highest BCUT2D eigenvalue weighted by atomic mass is 16.5. The molecule has 5 rings (SSSR count). The highest BCUT2D eigenvalue weighted by Crippen LogP contribution is 2.44. The molecule has 0 unspecified atom stereocenters. The number of nitrogens with zero attached hydrogens (tertiary/aromatic N) is 1. The van der Waals surface area contributed by atoms with Crippen molar-refractivity contribution < 1.29 is 34.4 Å². The number of rotatable bonds is 7. The van der Waals surface area contributed by atoms with Crippen LogP contribution in [-0.4, -0.2) is 59.0 Å². The van der Waals surface area contributed by atoms with Crippen LogP contribution in [0, 0.1) is 0 Å². The zero-order valence-corrected chi connectivity index (χ0v) is 20.7. The molecule has 192 valence electrons. The van der Waals surface area contributed by atoms with Gasteiger partial charge in [-0.05, 0) is 95.6 Å². The van der Waals surface area contributed by atoms with Crippen LogP contribution < -0.4 is 9.47 Å². The lowest BCUT2D eigenvalue weighted by atomic mass is 9.85. The average Bonchev–Trinajstić information content (AvgIpc) is 3.32. The number of carboxylic acids is 2. The summed E-state index contributed by atoms with van der Waals surface area (Å²) in [6.45, 7) is 2.18. The Balaban J connectivity index is 0.000000261. The van der Waals surface area contributed by atoms with Gasteiger partial charge in [0.2, 0.25) is 0 Å². The van der Waals surface area contributed by atoms with Crippen molar-refractivity contribution in [2.45, 2.75) is 57.5 Å². The van der Waals surface area contributed by atoms with Gasteiger partial charge in [-0.15, -0.1) is 0 Å². The second-order valence-electron chi connectivity index (χ2n) is 9.41. The van der Waals surface area contributed by atoms with E-state index in [1.165, 1.54) is 41.3 Å². The Morgan fingerprint density at radius 3 is 2.11 bits per heavy atom. The third-order valence-corrected chi connectivity index (χ3v) is 7.16. The normalized spacial score (nSPS) is 16.7. The molecule has 2 heterocycles. The topological polar surface area (TPSA) is 117 Å². The monoisotopic (exact) mass is 495 g/mol. The average molecular weight is 496 g/mol. The Morgan fingerprint density at radius 2 is 1.50 bits per heavy atom. The third kappa shape index (κ3) is 5.33. The van der Waals surface area contributed by atoms with Gasteiger partial charge in [-0.3, -0.25) is 14.5 Å². The number of carboxylic acid groups (broad SMARTS) is 2. The molecular formula is C28H33NO7. The quantitative estimate of drug-likeness (QED) is 0.311. The fourth-order valence-electron chi connectivity index (χ4n) is 5.43. The third-order valence-electron chi connectivity index (χ3n) is 7.16. The zero-order chi connectivity index (χ0) is 25.8. The second kappa shape index (κ2) is 11.0. The fraction of sp³-hybridized carbons (Fsp3) is 0.429. The van der Waals surface area contributed by atoms with Crippen molar-refractivity contribution in [3.05, 3.63) is 41.5 Å². The standard InChI is InChI=1S/C22H23NO3.C6H10O4/c1-25-21-10-18-16-8-13-4-3-7-23(13)12-20(16)15-6-5-14(24)9-17(15)19(18)11-22(21)26-2;7-5(8)3-1-2-4-6(9)10/h5-6,9-11,13,24H,3-4,7-8,12H2,1-2H3;1-4H2,(H,7,8)(H,9,10)/t13-;/m0./s1. The van der Waals surface area contributed by atoms with Gasteiger partial charge in [0.1, 0.15) is 5.75 Å². The molecule has 3 aromatic rings. The first-order valence-corrected chi connectivity index (χ1v) is 12.3. The number of hydrogen-bond acceptors (Lipinski definition) is 6. The van der Waals surface area contributed by atoms with Crippen LogP contribution >= 0.6 is 0 Å². The van der Waals surface area contributed by atoms with E-state index in [0.29, 0.717) is 24.6 Å². The summed E-state index contributed by atoms with van der Waals surface area (Å²) in [6, 6.07) is 10.5. The van der Waals surface area contributed by atoms with E-state index in [9.17, 15) is 14.7 Å². The molecule has 3 N–H and O–H groups in total. The fourth-order valence-corrected chi connectivity index (χ4v) is 5.43. The number of unbranched alkanes of at least 4 members (excludes halogenated alkanes) is 1. The van der Waals surface area contributed by atoms with E-state index >= 15 is 0 Å². The van der Waals surface area contributed by atoms with E-state index in [1.807, 2.05) is 6.07 Å². The number of hydrogen-bond donors (Lipinski definition) is 3. The van der Waals surface area contributed by atoms with Crippen LogP contribution in [0.15, 0.2) is 30.3 Å². The molecule has 1 fully saturated rings. The lowest BCUT2D eigenvalue weighted by Gasteiger charge is -2.33. The molecule has 0 aromatic heterocycles. The molecule has 2 aliphatic heterocycles. The van der Waals surface area contributed by atoms with E-state index in [1.54, 1.807) is 20.3 Å². The Labute approximate surface area is 210 Å². The second-order valence-corrected chi connectivity index (χ2v) is 9.41. The number of fused-ring (bicyclic) bond motifs is 7. The van der Waals surface area contributed by atoms with Crippen molar-refractivity contribution in [2.24, 2.45) is 0 Å². The first-order valence-electron chi connectivity index (χ1n) is 12.3. The van der Waals surface area contributed by atoms with Crippen LogP contribution in [0.25, 0.3) is 21.5 Å². The molecule has 0 saturated carbocycles. The molecule has 0 aliphatic carbocycles. The molecule has 0 amide bonds. The predicted molar refractivity (Wildman–Crippen MR) is 137 cm³/mol. The number of benzene rings is 3. The number of ether oxygens (including phenoxy) is 2. The Kier molecular flexibility index (Phi) is 7.84. The van der Waals surface area contributed by atoms with Gasteiger partial charge >= 0.3 is 11.9 Å². The van der Waals surface area contributed by atoms with Crippen LogP contribution in [0.3, 0.4) is 0 Å². The lowest BCUT2D eigenvalue weighted by molar-refractivity contribution is -0.139. The van der Waals surface area contributed by atoms with Gasteiger partial charge in [0, 0.05) is 25.4 Å². The maximum absolute atomic E-state index is 10.1. The summed E-state index contributed by atoms with van der Waals surface area (Å²) in [6.07, 6.45) is 4.66. The maximum atomic E-state index is 10.1. The van der Waals surface area contributed by atoms with Gasteiger partial charge in [0.05, 0.1) is 14.2 Å². The zero-order valence-electron chi connectivity index (χ0n) is 20.7. The number of methoxy groups -OCH3 is 2.